The van der Waals surface area contributed by atoms with Crippen LogP contribution in [-0.4, -0.2) is 0 Å². The van der Waals surface area contributed by atoms with Gasteiger partial charge in [-0.1, -0.05) is 139 Å². The lowest BCUT2D eigenvalue weighted by atomic mass is 9.70. The zero-order valence-corrected chi connectivity index (χ0v) is 23.6. The van der Waals surface area contributed by atoms with Gasteiger partial charge in [0, 0.05) is 15.2 Å². The van der Waals surface area contributed by atoms with E-state index < -0.39 is 0 Å². The summed E-state index contributed by atoms with van der Waals surface area (Å²) >= 11 is 1.89. The zero-order chi connectivity index (χ0) is 27.4. The van der Waals surface area contributed by atoms with Crippen molar-refractivity contribution in [1.82, 2.24) is 0 Å². The van der Waals surface area contributed by atoms with Crippen LogP contribution in [0.15, 0.2) is 155 Å². The highest BCUT2D eigenvalue weighted by atomic mass is 32.2. The molecule has 1 heteroatoms. The van der Waals surface area contributed by atoms with E-state index in [1.807, 2.05) is 11.8 Å². The standard InChI is InChI=1S/C41H24S/c1-5-16-34-27(10-1)28-11-2-6-17-35(28)41(34)36-18-7-3-12-29(36)30-21-20-25(24-37(30)41)26-22-23-39-40-32(26)14-9-15-33(40)31-13-4-8-19-38(31)42-39/h1-24H. The van der Waals surface area contributed by atoms with Crippen molar-refractivity contribution >= 4 is 22.5 Å². The minimum atomic E-state index is -0.323. The summed E-state index contributed by atoms with van der Waals surface area (Å²) in [5, 5.41) is 2.69. The number of fused-ring (bicyclic) bond motifs is 12. The third-order valence-corrected chi connectivity index (χ3v) is 10.8. The molecule has 1 aliphatic heterocycles. The molecule has 3 aliphatic rings. The fraction of sp³-hybridized carbons (Fsp3) is 0.0244. The van der Waals surface area contributed by atoms with E-state index in [-0.39, 0.29) is 5.41 Å². The molecular formula is C41H24S. The van der Waals surface area contributed by atoms with E-state index in [1.165, 1.54) is 87.3 Å². The normalized spacial score (nSPS) is 14.3. The first-order valence-electron chi connectivity index (χ1n) is 14.6. The number of hydrogen-bond acceptors (Lipinski definition) is 1. The Morgan fingerprint density at radius 1 is 0.357 bits per heavy atom. The van der Waals surface area contributed by atoms with E-state index in [2.05, 4.69) is 146 Å². The van der Waals surface area contributed by atoms with E-state index in [4.69, 9.17) is 0 Å². The number of hydrogen-bond donors (Lipinski definition) is 0. The van der Waals surface area contributed by atoms with Gasteiger partial charge >= 0.3 is 0 Å². The van der Waals surface area contributed by atoms with Crippen molar-refractivity contribution < 1.29 is 0 Å². The Morgan fingerprint density at radius 3 is 1.60 bits per heavy atom. The summed E-state index contributed by atoms with van der Waals surface area (Å²) < 4.78 is 0. The van der Waals surface area contributed by atoms with Gasteiger partial charge in [-0.2, -0.15) is 0 Å². The van der Waals surface area contributed by atoms with E-state index in [0.29, 0.717) is 0 Å². The van der Waals surface area contributed by atoms with Gasteiger partial charge in [0.1, 0.15) is 0 Å². The second kappa shape index (κ2) is 8.12. The van der Waals surface area contributed by atoms with E-state index in [0.717, 1.165) is 0 Å². The number of benzene rings is 7. The summed E-state index contributed by atoms with van der Waals surface area (Å²) in [6, 6.07) is 54.7. The molecule has 10 rings (SSSR count). The summed E-state index contributed by atoms with van der Waals surface area (Å²) in [6.45, 7) is 0. The smallest absolute Gasteiger partial charge is 0.0725 e. The van der Waals surface area contributed by atoms with E-state index in [1.54, 1.807) is 0 Å². The van der Waals surface area contributed by atoms with Gasteiger partial charge in [-0.05, 0) is 90.3 Å². The van der Waals surface area contributed by atoms with Crippen LogP contribution < -0.4 is 0 Å². The molecular weight excluding hydrogens is 525 g/mol. The molecule has 194 valence electrons. The van der Waals surface area contributed by atoms with Crippen LogP contribution in [0.2, 0.25) is 0 Å². The zero-order valence-electron chi connectivity index (χ0n) is 22.8. The van der Waals surface area contributed by atoms with Crippen LogP contribution >= 0.6 is 11.8 Å². The highest BCUT2D eigenvalue weighted by Crippen LogP contribution is 2.63. The summed E-state index contributed by atoms with van der Waals surface area (Å²) in [5.41, 5.74) is 15.8. The van der Waals surface area contributed by atoms with Gasteiger partial charge in [-0.3, -0.25) is 0 Å². The van der Waals surface area contributed by atoms with Crippen molar-refractivity contribution in [2.24, 2.45) is 0 Å². The monoisotopic (exact) mass is 548 g/mol. The van der Waals surface area contributed by atoms with Crippen molar-refractivity contribution in [3.05, 3.63) is 168 Å². The minimum Gasteiger partial charge on any atom is -0.0888 e. The van der Waals surface area contributed by atoms with Crippen LogP contribution in [0.4, 0.5) is 0 Å². The molecule has 0 saturated heterocycles. The highest BCUT2D eigenvalue weighted by Gasteiger charge is 2.51. The molecule has 7 aromatic rings. The Balaban J connectivity index is 1.28. The lowest BCUT2D eigenvalue weighted by Gasteiger charge is -2.30. The van der Waals surface area contributed by atoms with Crippen molar-refractivity contribution in [3.8, 4) is 44.5 Å². The maximum Gasteiger partial charge on any atom is 0.0725 e. The lowest BCUT2D eigenvalue weighted by Crippen LogP contribution is -2.25. The third-order valence-electron chi connectivity index (χ3n) is 9.71. The van der Waals surface area contributed by atoms with Crippen molar-refractivity contribution in [2.75, 3.05) is 0 Å². The van der Waals surface area contributed by atoms with Gasteiger partial charge in [-0.15, -0.1) is 0 Å². The van der Waals surface area contributed by atoms with E-state index >= 15 is 0 Å². The van der Waals surface area contributed by atoms with Gasteiger partial charge < -0.3 is 0 Å². The summed E-state index contributed by atoms with van der Waals surface area (Å²) in [6.07, 6.45) is 0. The maximum atomic E-state index is 2.50. The average Bonchev–Trinajstić information content (AvgIpc) is 3.52. The molecule has 0 amide bonds. The molecule has 0 saturated carbocycles. The maximum absolute atomic E-state index is 2.50. The average molecular weight is 549 g/mol. The van der Waals surface area contributed by atoms with Crippen LogP contribution in [0.1, 0.15) is 22.3 Å². The third kappa shape index (κ3) is 2.70. The van der Waals surface area contributed by atoms with Gasteiger partial charge in [0.2, 0.25) is 0 Å². The van der Waals surface area contributed by atoms with Gasteiger partial charge in [0.05, 0.1) is 5.41 Å². The number of rotatable bonds is 1. The fourth-order valence-corrected chi connectivity index (χ4v) is 9.22. The highest BCUT2D eigenvalue weighted by molar-refractivity contribution is 7.99. The summed E-state index contributed by atoms with van der Waals surface area (Å²) in [4.78, 5) is 2.67. The molecule has 0 N–H and O–H groups in total. The molecule has 7 aromatic carbocycles. The molecule has 0 fully saturated rings. The quantitative estimate of drug-likeness (QED) is 0.197. The van der Waals surface area contributed by atoms with Crippen molar-refractivity contribution in [3.63, 3.8) is 0 Å². The SMILES string of the molecule is c1ccc2c(c1)Sc1ccc(-c3ccc4c(c3)C3(c5ccccc5-c5ccccc53)c3ccccc3-4)c3cccc-2c13. The molecule has 0 atom stereocenters. The molecule has 2 aliphatic carbocycles. The first-order chi connectivity index (χ1) is 20.8. The Hall–Kier alpha value is -4.85. The lowest BCUT2D eigenvalue weighted by molar-refractivity contribution is 0.794. The Bertz CT molecular complexity index is 2230. The van der Waals surface area contributed by atoms with Crippen LogP contribution in [0, 0.1) is 0 Å². The molecule has 0 aromatic heterocycles. The summed E-state index contributed by atoms with van der Waals surface area (Å²) in [7, 11) is 0. The largest absolute Gasteiger partial charge is 0.0888 e. The molecule has 0 unspecified atom stereocenters. The van der Waals surface area contributed by atoms with Gasteiger partial charge in [0.25, 0.3) is 0 Å². The predicted octanol–water partition coefficient (Wildman–Crippen LogP) is 11.0. The first-order valence-corrected chi connectivity index (χ1v) is 15.4. The first kappa shape index (κ1) is 22.8. The van der Waals surface area contributed by atoms with E-state index in [9.17, 15) is 0 Å². The van der Waals surface area contributed by atoms with Crippen LogP contribution in [-0.2, 0) is 5.41 Å². The molecule has 0 nitrogen and oxygen atoms in total. The topological polar surface area (TPSA) is 0 Å². The Labute approximate surface area is 249 Å². The molecule has 0 bridgehead atoms. The van der Waals surface area contributed by atoms with Gasteiger partial charge in [0.15, 0.2) is 0 Å². The molecule has 1 spiro atoms. The minimum absolute atomic E-state index is 0.323. The van der Waals surface area contributed by atoms with Crippen molar-refractivity contribution in [2.45, 2.75) is 15.2 Å². The molecule has 1 heterocycles. The molecule has 0 radical (unpaired) electrons. The predicted molar refractivity (Wildman–Crippen MR) is 175 cm³/mol. The van der Waals surface area contributed by atoms with Crippen LogP contribution in [0.25, 0.3) is 55.3 Å². The van der Waals surface area contributed by atoms with Gasteiger partial charge in [-0.25, -0.2) is 0 Å². The Kier molecular flexibility index (Phi) is 4.41. The van der Waals surface area contributed by atoms with Crippen LogP contribution in [0.5, 0.6) is 0 Å². The fourth-order valence-electron chi connectivity index (χ4n) is 8.09. The second-order valence-electron chi connectivity index (χ2n) is 11.6. The molecule has 42 heavy (non-hydrogen) atoms. The summed E-state index contributed by atoms with van der Waals surface area (Å²) in [5.74, 6) is 0. The van der Waals surface area contributed by atoms with Crippen LogP contribution in [0.3, 0.4) is 0 Å². The second-order valence-corrected chi connectivity index (χ2v) is 12.7. The van der Waals surface area contributed by atoms with Crippen molar-refractivity contribution in [1.29, 1.82) is 0 Å². The Morgan fingerprint density at radius 2 is 0.905 bits per heavy atom.